The van der Waals surface area contributed by atoms with Gasteiger partial charge in [0.05, 0.1) is 0 Å². The van der Waals surface area contributed by atoms with Crippen LogP contribution in [-0.4, -0.2) is 18.6 Å². The number of para-hydroxylation sites is 2. The summed E-state index contributed by atoms with van der Waals surface area (Å²) in [6.45, 7) is 0.407. The number of halogens is 1. The number of rotatable bonds is 3. The minimum Gasteiger partial charge on any atom is -0.485 e. The molecule has 2 aromatic carbocycles. The second kappa shape index (κ2) is 5.83. The predicted octanol–water partition coefficient (Wildman–Crippen LogP) is 2.28. The van der Waals surface area contributed by atoms with Gasteiger partial charge in [-0.2, -0.15) is 0 Å². The molecule has 1 aliphatic rings. The Hall–Kier alpha value is -2.56. The lowest BCUT2D eigenvalue weighted by atomic mass is 10.2. The van der Waals surface area contributed by atoms with Gasteiger partial charge in [-0.3, -0.25) is 4.79 Å². The van der Waals surface area contributed by atoms with Crippen LogP contribution in [0.15, 0.2) is 48.5 Å². The zero-order chi connectivity index (χ0) is 14.7. The van der Waals surface area contributed by atoms with E-state index >= 15 is 0 Å². The van der Waals surface area contributed by atoms with Gasteiger partial charge >= 0.3 is 0 Å². The molecule has 0 aliphatic carbocycles. The maximum Gasteiger partial charge on any atom is 0.264 e. The second-order valence-corrected chi connectivity index (χ2v) is 4.71. The molecule has 0 radical (unpaired) electrons. The summed E-state index contributed by atoms with van der Waals surface area (Å²) in [5.74, 6) is 0.572. The summed E-state index contributed by atoms with van der Waals surface area (Å²) in [5, 5.41) is 2.72. The van der Waals surface area contributed by atoms with Crippen molar-refractivity contribution in [2.45, 2.75) is 12.6 Å². The summed E-state index contributed by atoms with van der Waals surface area (Å²) in [6, 6.07) is 13.3. The molecule has 1 N–H and O–H groups in total. The van der Waals surface area contributed by atoms with Crippen LogP contribution in [0.5, 0.6) is 11.5 Å². The minimum atomic E-state index is -0.701. The molecule has 0 fully saturated rings. The molecule has 1 unspecified atom stereocenters. The Kier molecular flexibility index (Phi) is 3.73. The van der Waals surface area contributed by atoms with Gasteiger partial charge in [0.1, 0.15) is 12.4 Å². The summed E-state index contributed by atoms with van der Waals surface area (Å²) in [4.78, 5) is 12.1. The number of fused-ring (bicyclic) bond motifs is 1. The molecule has 108 valence electrons. The summed E-state index contributed by atoms with van der Waals surface area (Å²) < 4.78 is 24.1. The Morgan fingerprint density at radius 2 is 2.00 bits per heavy atom. The highest BCUT2D eigenvalue weighted by Crippen LogP contribution is 2.30. The van der Waals surface area contributed by atoms with Crippen molar-refractivity contribution < 1.29 is 18.7 Å². The quantitative estimate of drug-likeness (QED) is 0.942. The number of nitrogens with one attached hydrogen (secondary N) is 1. The highest BCUT2D eigenvalue weighted by Gasteiger charge is 2.26. The van der Waals surface area contributed by atoms with E-state index in [9.17, 15) is 9.18 Å². The van der Waals surface area contributed by atoms with E-state index in [1.807, 2.05) is 12.1 Å². The molecule has 4 nitrogen and oxygen atoms in total. The standard InChI is InChI=1S/C16H14FNO3/c17-12-5-3-4-11(8-12)9-18-16(19)15-10-20-13-6-1-2-7-14(13)21-15/h1-8,15H,9-10H2,(H,18,19). The molecule has 1 aliphatic heterocycles. The fourth-order valence-corrected chi connectivity index (χ4v) is 2.10. The minimum absolute atomic E-state index is 0.159. The van der Waals surface area contributed by atoms with Crippen LogP contribution in [-0.2, 0) is 11.3 Å². The van der Waals surface area contributed by atoms with E-state index in [1.54, 1.807) is 24.3 Å². The van der Waals surface area contributed by atoms with E-state index in [-0.39, 0.29) is 24.9 Å². The van der Waals surface area contributed by atoms with Crippen LogP contribution in [0.4, 0.5) is 4.39 Å². The van der Waals surface area contributed by atoms with Gasteiger partial charge in [-0.05, 0) is 29.8 Å². The third-order valence-corrected chi connectivity index (χ3v) is 3.16. The van der Waals surface area contributed by atoms with Crippen LogP contribution in [0.3, 0.4) is 0 Å². The monoisotopic (exact) mass is 287 g/mol. The normalized spacial score (nSPS) is 16.3. The molecule has 3 rings (SSSR count). The summed E-state index contributed by atoms with van der Waals surface area (Å²) in [7, 11) is 0. The van der Waals surface area contributed by atoms with Crippen molar-refractivity contribution in [1.29, 1.82) is 0 Å². The third kappa shape index (κ3) is 3.13. The smallest absolute Gasteiger partial charge is 0.264 e. The van der Waals surface area contributed by atoms with E-state index < -0.39 is 6.10 Å². The molecule has 1 heterocycles. The lowest BCUT2D eigenvalue weighted by Crippen LogP contribution is -2.43. The van der Waals surface area contributed by atoms with Crippen LogP contribution < -0.4 is 14.8 Å². The first-order chi connectivity index (χ1) is 10.2. The third-order valence-electron chi connectivity index (χ3n) is 3.16. The second-order valence-electron chi connectivity index (χ2n) is 4.71. The zero-order valence-corrected chi connectivity index (χ0v) is 11.2. The number of amides is 1. The Morgan fingerprint density at radius 3 is 2.81 bits per heavy atom. The fraction of sp³-hybridized carbons (Fsp3) is 0.188. The highest BCUT2D eigenvalue weighted by atomic mass is 19.1. The van der Waals surface area contributed by atoms with E-state index in [1.165, 1.54) is 12.1 Å². The van der Waals surface area contributed by atoms with Crippen LogP contribution in [0.25, 0.3) is 0 Å². The highest BCUT2D eigenvalue weighted by molar-refractivity contribution is 5.81. The first kappa shape index (κ1) is 13.4. The summed E-state index contributed by atoms with van der Waals surface area (Å²) in [5.41, 5.74) is 0.695. The van der Waals surface area contributed by atoms with Crippen molar-refractivity contribution in [2.24, 2.45) is 0 Å². The molecular formula is C16H14FNO3. The molecule has 0 saturated heterocycles. The molecule has 1 atom stereocenters. The SMILES string of the molecule is O=C(NCc1cccc(F)c1)C1COc2ccccc2O1. The molecule has 5 heteroatoms. The van der Waals surface area contributed by atoms with Crippen LogP contribution >= 0.6 is 0 Å². The number of hydrogen-bond donors (Lipinski definition) is 1. The Morgan fingerprint density at radius 1 is 1.19 bits per heavy atom. The largest absolute Gasteiger partial charge is 0.485 e. The molecule has 21 heavy (non-hydrogen) atoms. The Labute approximate surface area is 121 Å². The van der Waals surface area contributed by atoms with Crippen molar-refractivity contribution in [3.8, 4) is 11.5 Å². The number of carbonyl (C=O) groups is 1. The van der Waals surface area contributed by atoms with Crippen molar-refractivity contribution >= 4 is 5.91 Å². The van der Waals surface area contributed by atoms with E-state index in [0.29, 0.717) is 17.1 Å². The lowest BCUT2D eigenvalue weighted by Gasteiger charge is -2.25. The maximum atomic E-state index is 13.1. The zero-order valence-electron chi connectivity index (χ0n) is 11.2. The van der Waals surface area contributed by atoms with Gasteiger partial charge in [-0.25, -0.2) is 4.39 Å². The number of hydrogen-bond acceptors (Lipinski definition) is 3. The van der Waals surface area contributed by atoms with Crippen LogP contribution in [0.1, 0.15) is 5.56 Å². The van der Waals surface area contributed by atoms with Gasteiger partial charge in [0.2, 0.25) is 6.10 Å². The van der Waals surface area contributed by atoms with Crippen molar-refractivity contribution in [3.05, 3.63) is 59.9 Å². The molecule has 0 aromatic heterocycles. The summed E-state index contributed by atoms with van der Waals surface area (Å²) >= 11 is 0. The lowest BCUT2D eigenvalue weighted by molar-refractivity contribution is -0.130. The van der Waals surface area contributed by atoms with Gasteiger partial charge in [0.25, 0.3) is 5.91 Å². The number of carbonyl (C=O) groups excluding carboxylic acids is 1. The first-order valence-electron chi connectivity index (χ1n) is 6.63. The molecule has 0 bridgehead atoms. The average molecular weight is 287 g/mol. The summed E-state index contributed by atoms with van der Waals surface area (Å²) in [6.07, 6.45) is -0.701. The molecule has 1 amide bonds. The van der Waals surface area contributed by atoms with Gasteiger partial charge in [0.15, 0.2) is 11.5 Å². The van der Waals surface area contributed by atoms with Gasteiger partial charge in [-0.15, -0.1) is 0 Å². The fourth-order valence-electron chi connectivity index (χ4n) is 2.10. The van der Waals surface area contributed by atoms with Crippen LogP contribution in [0, 0.1) is 5.82 Å². The Balaban J connectivity index is 1.59. The van der Waals surface area contributed by atoms with Crippen molar-refractivity contribution in [3.63, 3.8) is 0 Å². The van der Waals surface area contributed by atoms with Crippen molar-refractivity contribution in [2.75, 3.05) is 6.61 Å². The van der Waals surface area contributed by atoms with Gasteiger partial charge < -0.3 is 14.8 Å². The molecule has 0 saturated carbocycles. The van der Waals surface area contributed by atoms with Crippen molar-refractivity contribution in [1.82, 2.24) is 5.32 Å². The number of ether oxygens (including phenoxy) is 2. The Bertz CT molecular complexity index is 659. The molecule has 0 spiro atoms. The molecule has 2 aromatic rings. The van der Waals surface area contributed by atoms with E-state index in [0.717, 1.165) is 0 Å². The topological polar surface area (TPSA) is 47.6 Å². The van der Waals surface area contributed by atoms with Gasteiger partial charge in [0, 0.05) is 6.54 Å². The van der Waals surface area contributed by atoms with E-state index in [2.05, 4.69) is 5.32 Å². The average Bonchev–Trinajstić information content (AvgIpc) is 2.52. The molecular weight excluding hydrogens is 273 g/mol. The maximum absolute atomic E-state index is 13.1. The predicted molar refractivity (Wildman–Crippen MR) is 74.6 cm³/mol. The van der Waals surface area contributed by atoms with Gasteiger partial charge in [-0.1, -0.05) is 24.3 Å². The van der Waals surface area contributed by atoms with Crippen LogP contribution in [0.2, 0.25) is 0 Å². The first-order valence-corrected chi connectivity index (χ1v) is 6.63. The van der Waals surface area contributed by atoms with E-state index in [4.69, 9.17) is 9.47 Å². The number of benzene rings is 2.